The fourth-order valence-electron chi connectivity index (χ4n) is 2.21. The molecule has 6 nitrogen and oxygen atoms in total. The third-order valence-corrected chi connectivity index (χ3v) is 3.43. The SMILES string of the molecule is NC(=S)N(NC(=O)Cc1noc2ccccc12)c1ccccc1. The molecule has 7 heteroatoms. The predicted octanol–water partition coefficient (Wildman–Crippen LogP) is 2.15. The van der Waals surface area contributed by atoms with E-state index in [1.165, 1.54) is 5.01 Å². The molecule has 0 saturated carbocycles. The summed E-state index contributed by atoms with van der Waals surface area (Å²) in [6, 6.07) is 16.5. The molecule has 116 valence electrons. The van der Waals surface area contributed by atoms with Crippen molar-refractivity contribution in [1.29, 1.82) is 0 Å². The van der Waals surface area contributed by atoms with Crippen molar-refractivity contribution in [3.05, 3.63) is 60.3 Å². The van der Waals surface area contributed by atoms with Crippen LogP contribution in [0.4, 0.5) is 5.69 Å². The lowest BCUT2D eigenvalue weighted by atomic mass is 10.2. The van der Waals surface area contributed by atoms with Gasteiger partial charge < -0.3 is 10.3 Å². The van der Waals surface area contributed by atoms with E-state index in [2.05, 4.69) is 10.6 Å². The highest BCUT2D eigenvalue weighted by atomic mass is 32.1. The molecule has 3 N–H and O–H groups in total. The fraction of sp³-hybridized carbons (Fsp3) is 0.0625. The molecule has 0 unspecified atom stereocenters. The minimum Gasteiger partial charge on any atom is -0.374 e. The van der Waals surface area contributed by atoms with Crippen LogP contribution in [0.25, 0.3) is 11.0 Å². The van der Waals surface area contributed by atoms with Crippen LogP contribution in [0.15, 0.2) is 59.1 Å². The highest BCUT2D eigenvalue weighted by Crippen LogP contribution is 2.18. The van der Waals surface area contributed by atoms with Crippen LogP contribution >= 0.6 is 12.2 Å². The average molecular weight is 326 g/mol. The largest absolute Gasteiger partial charge is 0.374 e. The summed E-state index contributed by atoms with van der Waals surface area (Å²) in [5.41, 5.74) is 10.3. The molecule has 1 amide bonds. The van der Waals surface area contributed by atoms with Crippen LogP contribution in [0, 0.1) is 0 Å². The van der Waals surface area contributed by atoms with Gasteiger partial charge in [-0.2, -0.15) is 0 Å². The number of hydrogen-bond acceptors (Lipinski definition) is 4. The number of benzene rings is 2. The highest BCUT2D eigenvalue weighted by Gasteiger charge is 2.16. The van der Waals surface area contributed by atoms with Gasteiger partial charge in [-0.15, -0.1) is 0 Å². The Kier molecular flexibility index (Phi) is 4.20. The molecule has 2 aromatic carbocycles. The molecule has 0 saturated heterocycles. The van der Waals surface area contributed by atoms with E-state index in [4.69, 9.17) is 22.5 Å². The van der Waals surface area contributed by atoms with Crippen molar-refractivity contribution in [3.63, 3.8) is 0 Å². The van der Waals surface area contributed by atoms with Gasteiger partial charge in [0.2, 0.25) is 5.91 Å². The second-order valence-electron chi connectivity index (χ2n) is 4.85. The van der Waals surface area contributed by atoms with Gasteiger partial charge in [0.05, 0.1) is 12.1 Å². The molecule has 1 heterocycles. The summed E-state index contributed by atoms with van der Waals surface area (Å²) in [6.07, 6.45) is 0.0585. The van der Waals surface area contributed by atoms with Crippen LogP contribution in [-0.4, -0.2) is 16.2 Å². The van der Waals surface area contributed by atoms with Crippen LogP contribution in [0.2, 0.25) is 0 Å². The lowest BCUT2D eigenvalue weighted by Gasteiger charge is -2.23. The maximum absolute atomic E-state index is 12.3. The Balaban J connectivity index is 1.76. The summed E-state index contributed by atoms with van der Waals surface area (Å²) in [7, 11) is 0. The van der Waals surface area contributed by atoms with Gasteiger partial charge in [0.25, 0.3) is 0 Å². The van der Waals surface area contributed by atoms with Crippen molar-refractivity contribution in [2.75, 3.05) is 5.01 Å². The molecular weight excluding hydrogens is 312 g/mol. The van der Waals surface area contributed by atoms with Gasteiger partial charge in [0.15, 0.2) is 10.7 Å². The number of nitrogens with two attached hydrogens (primary N) is 1. The zero-order chi connectivity index (χ0) is 16.2. The van der Waals surface area contributed by atoms with Crippen LogP contribution in [-0.2, 0) is 11.2 Å². The fourth-order valence-corrected chi connectivity index (χ4v) is 2.36. The monoisotopic (exact) mass is 326 g/mol. The van der Waals surface area contributed by atoms with E-state index in [0.29, 0.717) is 17.0 Å². The number of amides is 1. The second-order valence-corrected chi connectivity index (χ2v) is 5.26. The van der Waals surface area contributed by atoms with E-state index in [1.54, 1.807) is 18.2 Å². The Morgan fingerprint density at radius 3 is 2.61 bits per heavy atom. The molecule has 3 rings (SSSR count). The molecule has 0 aliphatic carbocycles. The number of nitrogens with zero attached hydrogens (tertiary/aromatic N) is 2. The zero-order valence-corrected chi connectivity index (χ0v) is 12.9. The van der Waals surface area contributed by atoms with E-state index < -0.39 is 0 Å². The van der Waals surface area contributed by atoms with Gasteiger partial charge in [0.1, 0.15) is 5.69 Å². The van der Waals surface area contributed by atoms with Crippen LogP contribution in [0.5, 0.6) is 0 Å². The predicted molar refractivity (Wildman–Crippen MR) is 91.6 cm³/mol. The molecule has 0 atom stereocenters. The Bertz CT molecular complexity index is 847. The summed E-state index contributed by atoms with van der Waals surface area (Å²) >= 11 is 5.00. The topological polar surface area (TPSA) is 84.4 Å². The zero-order valence-electron chi connectivity index (χ0n) is 12.1. The summed E-state index contributed by atoms with van der Waals surface area (Å²) in [6.45, 7) is 0. The molecule has 0 aliphatic rings. The summed E-state index contributed by atoms with van der Waals surface area (Å²) < 4.78 is 5.19. The van der Waals surface area contributed by atoms with Crippen LogP contribution in [0.1, 0.15) is 5.69 Å². The Hall–Kier alpha value is -2.93. The van der Waals surface area contributed by atoms with Crippen molar-refractivity contribution in [1.82, 2.24) is 10.6 Å². The Labute approximate surface area is 137 Å². The molecule has 0 bridgehead atoms. The van der Waals surface area contributed by atoms with Crippen molar-refractivity contribution in [3.8, 4) is 0 Å². The first kappa shape index (κ1) is 15.0. The lowest BCUT2D eigenvalue weighted by Crippen LogP contribution is -2.49. The van der Waals surface area contributed by atoms with E-state index in [1.807, 2.05) is 36.4 Å². The normalized spacial score (nSPS) is 10.4. The second kappa shape index (κ2) is 6.45. The van der Waals surface area contributed by atoms with E-state index in [-0.39, 0.29) is 17.4 Å². The standard InChI is InChI=1S/C16H14N4O2S/c17-16(23)20(11-6-2-1-3-7-11)18-15(21)10-13-12-8-4-5-9-14(12)22-19-13/h1-9H,10H2,(H2,17,23)(H,18,21). The molecule has 23 heavy (non-hydrogen) atoms. The van der Waals surface area contributed by atoms with Crippen LogP contribution in [0.3, 0.4) is 0 Å². The van der Waals surface area contributed by atoms with Gasteiger partial charge in [-0.05, 0) is 36.5 Å². The molecule has 0 radical (unpaired) electrons. The smallest absolute Gasteiger partial charge is 0.245 e. The molecule has 0 fully saturated rings. The number of nitrogens with one attached hydrogen (secondary N) is 1. The van der Waals surface area contributed by atoms with E-state index in [9.17, 15) is 4.79 Å². The first-order valence-corrected chi connectivity index (χ1v) is 7.33. The number of rotatable bonds is 3. The number of anilines is 1. The van der Waals surface area contributed by atoms with Gasteiger partial charge in [0, 0.05) is 5.39 Å². The molecule has 1 aromatic heterocycles. The lowest BCUT2D eigenvalue weighted by molar-refractivity contribution is -0.120. The Morgan fingerprint density at radius 2 is 1.87 bits per heavy atom. The average Bonchev–Trinajstić information content (AvgIpc) is 2.96. The summed E-state index contributed by atoms with van der Waals surface area (Å²) in [5.74, 6) is -0.291. The van der Waals surface area contributed by atoms with Crippen molar-refractivity contribution < 1.29 is 9.32 Å². The number of carbonyl (C=O) groups is 1. The first-order chi connectivity index (χ1) is 11.1. The summed E-state index contributed by atoms with van der Waals surface area (Å²) in [4.78, 5) is 12.3. The van der Waals surface area contributed by atoms with Gasteiger partial charge >= 0.3 is 0 Å². The molecule has 0 spiro atoms. The first-order valence-electron chi connectivity index (χ1n) is 6.92. The number of para-hydroxylation sites is 2. The quantitative estimate of drug-likeness (QED) is 0.567. The van der Waals surface area contributed by atoms with Gasteiger partial charge in [-0.1, -0.05) is 35.5 Å². The van der Waals surface area contributed by atoms with Gasteiger partial charge in [-0.25, -0.2) is 5.01 Å². The maximum Gasteiger partial charge on any atom is 0.245 e. The third-order valence-electron chi connectivity index (χ3n) is 3.25. The highest BCUT2D eigenvalue weighted by molar-refractivity contribution is 7.80. The summed E-state index contributed by atoms with van der Waals surface area (Å²) in [5, 5.41) is 6.16. The molecule has 0 aliphatic heterocycles. The maximum atomic E-state index is 12.3. The number of carbonyl (C=O) groups excluding carboxylic acids is 1. The molecule has 3 aromatic rings. The Morgan fingerprint density at radius 1 is 1.17 bits per heavy atom. The number of fused-ring (bicyclic) bond motifs is 1. The number of hydrogen-bond donors (Lipinski definition) is 2. The van der Waals surface area contributed by atoms with E-state index in [0.717, 1.165) is 5.39 Å². The van der Waals surface area contributed by atoms with Crippen molar-refractivity contribution >= 4 is 39.9 Å². The molecular formula is C16H14N4O2S. The minimum absolute atomic E-state index is 0.0505. The van der Waals surface area contributed by atoms with E-state index >= 15 is 0 Å². The minimum atomic E-state index is -0.291. The van der Waals surface area contributed by atoms with Gasteiger partial charge in [-0.3, -0.25) is 10.2 Å². The number of hydrazine groups is 1. The van der Waals surface area contributed by atoms with Crippen LogP contribution < -0.4 is 16.2 Å². The number of aromatic nitrogens is 1. The third kappa shape index (κ3) is 3.29. The van der Waals surface area contributed by atoms with Crippen molar-refractivity contribution in [2.45, 2.75) is 6.42 Å². The van der Waals surface area contributed by atoms with Crippen molar-refractivity contribution in [2.24, 2.45) is 5.73 Å². The number of thiocarbonyl (C=S) groups is 1.